The van der Waals surface area contributed by atoms with Crippen LogP contribution in [0.4, 0.5) is 10.6 Å². The molecular formula is C18H29ClN4O2. The van der Waals surface area contributed by atoms with E-state index >= 15 is 0 Å². The third-order valence-corrected chi connectivity index (χ3v) is 4.89. The minimum atomic E-state index is -0.458. The van der Waals surface area contributed by atoms with Crippen molar-refractivity contribution < 1.29 is 9.53 Å². The van der Waals surface area contributed by atoms with Crippen LogP contribution in [0, 0.1) is 11.3 Å². The molecule has 1 fully saturated rings. The fraction of sp³-hybridized carbons (Fsp3) is 0.722. The number of carbonyl (C=O) groups is 1. The van der Waals surface area contributed by atoms with E-state index in [0.29, 0.717) is 17.6 Å². The maximum Gasteiger partial charge on any atom is 0.410 e. The molecule has 1 aromatic rings. The fourth-order valence-corrected chi connectivity index (χ4v) is 2.96. The van der Waals surface area contributed by atoms with E-state index in [9.17, 15) is 4.79 Å². The molecule has 2 unspecified atom stereocenters. The summed E-state index contributed by atoms with van der Waals surface area (Å²) in [6.45, 7) is 12.2. The Morgan fingerprint density at radius 2 is 2.16 bits per heavy atom. The van der Waals surface area contributed by atoms with E-state index < -0.39 is 5.60 Å². The van der Waals surface area contributed by atoms with Crippen molar-refractivity contribution in [3.05, 3.63) is 17.3 Å². The Morgan fingerprint density at radius 1 is 1.44 bits per heavy atom. The molecule has 2 atom stereocenters. The largest absolute Gasteiger partial charge is 0.444 e. The number of nitrogens with one attached hydrogen (secondary N) is 1. The second-order valence-corrected chi connectivity index (χ2v) is 8.37. The lowest BCUT2D eigenvalue weighted by molar-refractivity contribution is 0.0248. The van der Waals surface area contributed by atoms with Gasteiger partial charge in [0.2, 0.25) is 0 Å². The number of hydrogen-bond donors (Lipinski definition) is 1. The Bertz CT molecular complexity index is 588. The molecule has 25 heavy (non-hydrogen) atoms. The van der Waals surface area contributed by atoms with E-state index in [1.807, 2.05) is 33.8 Å². The van der Waals surface area contributed by atoms with Crippen molar-refractivity contribution in [2.24, 2.45) is 11.3 Å². The number of nitrogens with zero attached hydrogens (tertiary/aromatic N) is 3. The van der Waals surface area contributed by atoms with Gasteiger partial charge in [-0.15, -0.1) is 10.2 Å². The summed E-state index contributed by atoms with van der Waals surface area (Å²) in [6, 6.07) is 3.55. The zero-order valence-electron chi connectivity index (χ0n) is 15.8. The first kappa shape index (κ1) is 19.8. The molecule has 1 aliphatic carbocycles. The molecule has 0 radical (unpaired) electrons. The first-order valence-electron chi connectivity index (χ1n) is 8.84. The Morgan fingerprint density at radius 3 is 2.72 bits per heavy atom. The summed E-state index contributed by atoms with van der Waals surface area (Å²) in [7, 11) is 0. The van der Waals surface area contributed by atoms with Gasteiger partial charge in [0, 0.05) is 19.6 Å². The van der Waals surface area contributed by atoms with Crippen molar-refractivity contribution >= 4 is 23.5 Å². The summed E-state index contributed by atoms with van der Waals surface area (Å²) in [4.78, 5) is 14.0. The maximum atomic E-state index is 12.2. The third kappa shape index (κ3) is 6.03. The van der Waals surface area contributed by atoms with Crippen molar-refractivity contribution in [2.45, 2.75) is 53.1 Å². The van der Waals surface area contributed by atoms with Gasteiger partial charge < -0.3 is 15.0 Å². The van der Waals surface area contributed by atoms with Crippen LogP contribution in [0.2, 0.25) is 5.15 Å². The van der Waals surface area contributed by atoms with Gasteiger partial charge in [-0.05, 0) is 64.0 Å². The number of anilines is 1. The SMILES string of the molecule is CCN(CCC1(C)CC1CNc1ccc(Cl)nn1)C(=O)OC(C)(C)C. The highest BCUT2D eigenvalue weighted by Gasteiger charge is 2.49. The minimum absolute atomic E-state index is 0.231. The van der Waals surface area contributed by atoms with Gasteiger partial charge in [0.15, 0.2) is 5.15 Å². The van der Waals surface area contributed by atoms with Crippen molar-refractivity contribution in [3.63, 3.8) is 0 Å². The molecule has 0 spiro atoms. The zero-order chi connectivity index (χ0) is 18.7. The average molecular weight is 369 g/mol. The zero-order valence-corrected chi connectivity index (χ0v) is 16.6. The highest BCUT2D eigenvalue weighted by atomic mass is 35.5. The Labute approximate surface area is 155 Å². The predicted molar refractivity (Wildman–Crippen MR) is 99.8 cm³/mol. The number of halogens is 1. The summed E-state index contributed by atoms with van der Waals surface area (Å²) < 4.78 is 5.47. The first-order chi connectivity index (χ1) is 11.6. The highest BCUT2D eigenvalue weighted by molar-refractivity contribution is 6.29. The topological polar surface area (TPSA) is 67.3 Å². The van der Waals surface area contributed by atoms with E-state index in [2.05, 4.69) is 22.4 Å². The van der Waals surface area contributed by atoms with Crippen LogP contribution in [-0.2, 0) is 4.74 Å². The van der Waals surface area contributed by atoms with Gasteiger partial charge in [-0.2, -0.15) is 0 Å². The predicted octanol–water partition coefficient (Wildman–Crippen LogP) is 4.22. The molecular weight excluding hydrogens is 340 g/mol. The van der Waals surface area contributed by atoms with Crippen molar-refractivity contribution in [1.29, 1.82) is 0 Å². The molecule has 1 aromatic heterocycles. The first-order valence-corrected chi connectivity index (χ1v) is 9.22. The van der Waals surface area contributed by atoms with Crippen LogP contribution in [-0.4, -0.2) is 46.4 Å². The van der Waals surface area contributed by atoms with Gasteiger partial charge in [-0.1, -0.05) is 18.5 Å². The number of ether oxygens (including phenoxy) is 1. The molecule has 140 valence electrons. The van der Waals surface area contributed by atoms with Crippen molar-refractivity contribution in [1.82, 2.24) is 15.1 Å². The summed E-state index contributed by atoms with van der Waals surface area (Å²) in [5, 5.41) is 11.5. The quantitative estimate of drug-likeness (QED) is 0.780. The van der Waals surface area contributed by atoms with Gasteiger partial charge in [0.25, 0.3) is 0 Å². The van der Waals surface area contributed by atoms with Crippen LogP contribution in [0.15, 0.2) is 12.1 Å². The molecule has 1 N–H and O–H groups in total. The number of aromatic nitrogens is 2. The molecule has 7 heteroatoms. The van der Waals surface area contributed by atoms with Crippen LogP contribution in [0.3, 0.4) is 0 Å². The molecule has 0 saturated heterocycles. The van der Waals surface area contributed by atoms with Crippen LogP contribution in [0.1, 0.15) is 47.5 Å². The smallest absolute Gasteiger partial charge is 0.410 e. The number of hydrogen-bond acceptors (Lipinski definition) is 5. The number of carbonyl (C=O) groups excluding carboxylic acids is 1. The minimum Gasteiger partial charge on any atom is -0.444 e. The second-order valence-electron chi connectivity index (χ2n) is 7.99. The van der Waals surface area contributed by atoms with Crippen LogP contribution in [0.5, 0.6) is 0 Å². The van der Waals surface area contributed by atoms with E-state index in [4.69, 9.17) is 16.3 Å². The van der Waals surface area contributed by atoms with E-state index in [0.717, 1.165) is 31.7 Å². The van der Waals surface area contributed by atoms with Gasteiger partial charge in [-0.25, -0.2) is 4.79 Å². The normalized spacial score (nSPS) is 22.4. The standard InChI is InChI=1S/C18H29ClN4O2/c1-6-23(16(24)25-17(2,3)4)10-9-18(5)11-13(18)12-20-15-8-7-14(19)21-22-15/h7-8,13H,6,9-12H2,1-5H3,(H,20,22). The van der Waals surface area contributed by atoms with Gasteiger partial charge >= 0.3 is 6.09 Å². The monoisotopic (exact) mass is 368 g/mol. The lowest BCUT2D eigenvalue weighted by atomic mass is 10.0. The molecule has 6 nitrogen and oxygen atoms in total. The summed E-state index contributed by atoms with van der Waals surface area (Å²) in [6.07, 6.45) is 1.89. The van der Waals surface area contributed by atoms with Crippen LogP contribution >= 0.6 is 11.6 Å². The number of amides is 1. The van der Waals surface area contributed by atoms with Crippen molar-refractivity contribution in [2.75, 3.05) is 25.0 Å². The second kappa shape index (κ2) is 7.77. The lowest BCUT2D eigenvalue weighted by Gasteiger charge is -2.27. The average Bonchev–Trinajstić information content (AvgIpc) is 3.16. The molecule has 2 rings (SSSR count). The Balaban J connectivity index is 1.76. The molecule has 1 amide bonds. The summed E-state index contributed by atoms with van der Waals surface area (Å²) in [5.74, 6) is 1.31. The summed E-state index contributed by atoms with van der Waals surface area (Å²) in [5.41, 5.74) is -0.206. The molecule has 0 aromatic carbocycles. The molecule has 0 bridgehead atoms. The maximum absolute atomic E-state index is 12.2. The van der Waals surface area contributed by atoms with Crippen LogP contribution < -0.4 is 5.32 Å². The van der Waals surface area contributed by atoms with E-state index in [-0.39, 0.29) is 11.5 Å². The summed E-state index contributed by atoms with van der Waals surface area (Å²) >= 11 is 5.74. The molecule has 0 aliphatic heterocycles. The lowest BCUT2D eigenvalue weighted by Crippen LogP contribution is -2.38. The van der Waals surface area contributed by atoms with E-state index in [1.54, 1.807) is 11.0 Å². The highest BCUT2D eigenvalue weighted by Crippen LogP contribution is 2.54. The van der Waals surface area contributed by atoms with Gasteiger partial charge in [0.1, 0.15) is 11.4 Å². The van der Waals surface area contributed by atoms with Gasteiger partial charge in [-0.3, -0.25) is 0 Å². The van der Waals surface area contributed by atoms with Crippen LogP contribution in [0.25, 0.3) is 0 Å². The Hall–Kier alpha value is -1.56. The molecule has 1 saturated carbocycles. The fourth-order valence-electron chi connectivity index (χ4n) is 2.86. The Kier molecular flexibility index (Phi) is 6.14. The van der Waals surface area contributed by atoms with Gasteiger partial charge in [0.05, 0.1) is 0 Å². The third-order valence-electron chi connectivity index (χ3n) is 4.69. The molecule has 1 aliphatic rings. The van der Waals surface area contributed by atoms with Crippen molar-refractivity contribution in [3.8, 4) is 0 Å². The van der Waals surface area contributed by atoms with E-state index in [1.165, 1.54) is 0 Å². The molecule has 1 heterocycles. The number of rotatable bonds is 7.